The summed E-state index contributed by atoms with van der Waals surface area (Å²) in [5.74, 6) is 1.58. The summed E-state index contributed by atoms with van der Waals surface area (Å²) in [5, 5.41) is 0. The fraction of sp³-hybridized carbons (Fsp3) is 1.00. The Kier molecular flexibility index (Phi) is 3.84. The zero-order valence-corrected chi connectivity index (χ0v) is 12.1. The second-order valence-corrected chi connectivity index (χ2v) is 7.45. The molecule has 2 rings (SSSR count). The molecule has 0 bridgehead atoms. The van der Waals surface area contributed by atoms with Crippen LogP contribution < -0.4 is 5.73 Å². The molecule has 0 aromatic carbocycles. The van der Waals surface area contributed by atoms with Gasteiger partial charge in [-0.05, 0) is 49.5 Å². The normalized spacial score (nSPS) is 43.6. The fourth-order valence-electron chi connectivity index (χ4n) is 4.25. The van der Waals surface area contributed by atoms with Crippen molar-refractivity contribution in [2.75, 3.05) is 13.1 Å². The van der Waals surface area contributed by atoms with Crippen molar-refractivity contribution >= 4 is 0 Å². The lowest BCUT2D eigenvalue weighted by Crippen LogP contribution is -2.58. The van der Waals surface area contributed by atoms with E-state index in [2.05, 4.69) is 32.6 Å². The van der Waals surface area contributed by atoms with Crippen LogP contribution in [0.1, 0.15) is 53.4 Å². The van der Waals surface area contributed by atoms with Gasteiger partial charge in [-0.2, -0.15) is 0 Å². The van der Waals surface area contributed by atoms with Gasteiger partial charge in [-0.1, -0.05) is 27.7 Å². The van der Waals surface area contributed by atoms with E-state index in [1.165, 1.54) is 38.8 Å². The first-order valence-electron chi connectivity index (χ1n) is 7.39. The number of hydrogen-bond acceptors (Lipinski definition) is 2. The van der Waals surface area contributed by atoms with Crippen molar-refractivity contribution < 1.29 is 0 Å². The first-order valence-corrected chi connectivity index (χ1v) is 7.39. The molecule has 0 aromatic heterocycles. The van der Waals surface area contributed by atoms with E-state index in [1.807, 2.05) is 0 Å². The Hall–Kier alpha value is -0.0800. The molecule has 2 N–H and O–H groups in total. The van der Waals surface area contributed by atoms with Crippen molar-refractivity contribution in [3.63, 3.8) is 0 Å². The smallest absolute Gasteiger partial charge is 0.0273 e. The number of nitrogens with zero attached hydrogens (tertiary/aromatic N) is 1. The van der Waals surface area contributed by atoms with E-state index in [-0.39, 0.29) is 0 Å². The highest BCUT2D eigenvalue weighted by atomic mass is 15.2. The van der Waals surface area contributed by atoms with E-state index in [4.69, 9.17) is 5.73 Å². The molecule has 0 spiro atoms. The van der Waals surface area contributed by atoms with Crippen molar-refractivity contribution in [3.05, 3.63) is 0 Å². The molecule has 1 aliphatic heterocycles. The highest BCUT2D eigenvalue weighted by molar-refractivity contribution is 4.95. The minimum Gasteiger partial charge on any atom is -0.326 e. The average molecular weight is 238 g/mol. The Morgan fingerprint density at radius 1 is 1.18 bits per heavy atom. The summed E-state index contributed by atoms with van der Waals surface area (Å²) >= 11 is 0. The van der Waals surface area contributed by atoms with Gasteiger partial charge in [0, 0.05) is 18.6 Å². The number of likely N-dealkylation sites (tertiary alicyclic amines) is 1. The van der Waals surface area contributed by atoms with Crippen LogP contribution in [0.15, 0.2) is 0 Å². The minimum atomic E-state index is 0.391. The van der Waals surface area contributed by atoms with Crippen molar-refractivity contribution in [1.82, 2.24) is 4.90 Å². The minimum absolute atomic E-state index is 0.391. The van der Waals surface area contributed by atoms with Crippen molar-refractivity contribution in [1.29, 1.82) is 0 Å². The molecule has 2 fully saturated rings. The summed E-state index contributed by atoms with van der Waals surface area (Å²) in [6.07, 6.45) is 5.29. The zero-order chi connectivity index (χ0) is 12.6. The third kappa shape index (κ3) is 3.03. The third-order valence-electron chi connectivity index (χ3n) is 4.82. The van der Waals surface area contributed by atoms with Crippen LogP contribution in [0, 0.1) is 17.3 Å². The Morgan fingerprint density at radius 3 is 2.47 bits per heavy atom. The van der Waals surface area contributed by atoms with E-state index in [9.17, 15) is 0 Å². The first kappa shape index (κ1) is 13.4. The maximum atomic E-state index is 6.44. The van der Waals surface area contributed by atoms with E-state index >= 15 is 0 Å². The number of hydrogen-bond donors (Lipinski definition) is 1. The van der Waals surface area contributed by atoms with Crippen LogP contribution in [-0.2, 0) is 0 Å². The lowest BCUT2D eigenvalue weighted by Gasteiger charge is -2.49. The monoisotopic (exact) mass is 238 g/mol. The molecule has 1 aliphatic carbocycles. The van der Waals surface area contributed by atoms with Crippen LogP contribution >= 0.6 is 0 Å². The summed E-state index contributed by atoms with van der Waals surface area (Å²) in [7, 11) is 0. The summed E-state index contributed by atoms with van der Waals surface area (Å²) in [6, 6.07) is 1.02. The second kappa shape index (κ2) is 4.89. The quantitative estimate of drug-likeness (QED) is 0.761. The van der Waals surface area contributed by atoms with Gasteiger partial charge in [0.1, 0.15) is 0 Å². The van der Waals surface area contributed by atoms with Crippen molar-refractivity contribution in [2.45, 2.75) is 65.5 Å². The second-order valence-electron chi connectivity index (χ2n) is 7.45. The van der Waals surface area contributed by atoms with Crippen molar-refractivity contribution in [2.24, 2.45) is 23.0 Å². The molecule has 2 heteroatoms. The molecular weight excluding hydrogens is 208 g/mol. The molecule has 1 saturated carbocycles. The molecule has 4 atom stereocenters. The van der Waals surface area contributed by atoms with Gasteiger partial charge in [0.15, 0.2) is 0 Å². The molecule has 2 nitrogen and oxygen atoms in total. The van der Waals surface area contributed by atoms with Crippen molar-refractivity contribution in [3.8, 4) is 0 Å². The predicted octanol–water partition coefficient (Wildman–Crippen LogP) is 2.87. The van der Waals surface area contributed by atoms with Gasteiger partial charge >= 0.3 is 0 Å². The number of piperidine rings is 1. The van der Waals surface area contributed by atoms with Crippen LogP contribution in [0.5, 0.6) is 0 Å². The molecule has 17 heavy (non-hydrogen) atoms. The molecule has 4 unspecified atom stereocenters. The summed E-state index contributed by atoms with van der Waals surface area (Å²) < 4.78 is 0. The number of rotatable bonds is 1. The Bertz CT molecular complexity index is 250. The SMILES string of the molecule is CC1CC(C)C(N2CCCC(C)(C)C2)C(N)C1. The largest absolute Gasteiger partial charge is 0.326 e. The molecule has 100 valence electrons. The topological polar surface area (TPSA) is 29.3 Å². The molecule has 0 aromatic rings. The highest BCUT2D eigenvalue weighted by Crippen LogP contribution is 2.36. The zero-order valence-electron chi connectivity index (χ0n) is 12.1. The lowest BCUT2D eigenvalue weighted by atomic mass is 9.74. The summed E-state index contributed by atoms with van der Waals surface area (Å²) in [5.41, 5.74) is 6.92. The van der Waals surface area contributed by atoms with Gasteiger partial charge in [0.2, 0.25) is 0 Å². The first-order chi connectivity index (χ1) is 7.89. The van der Waals surface area contributed by atoms with Gasteiger partial charge in [0.05, 0.1) is 0 Å². The van der Waals surface area contributed by atoms with Crippen LogP contribution in [0.3, 0.4) is 0 Å². The lowest BCUT2D eigenvalue weighted by molar-refractivity contribution is 0.0182. The molecule has 2 aliphatic rings. The maximum absolute atomic E-state index is 6.44. The molecular formula is C15H30N2. The average Bonchev–Trinajstić information content (AvgIpc) is 2.13. The third-order valence-corrected chi connectivity index (χ3v) is 4.82. The Morgan fingerprint density at radius 2 is 1.88 bits per heavy atom. The fourth-order valence-corrected chi connectivity index (χ4v) is 4.25. The standard InChI is InChI=1S/C15H30N2/c1-11-8-12(2)14(13(16)9-11)17-7-5-6-15(3,4)10-17/h11-14H,5-10,16H2,1-4H3. The molecule has 0 radical (unpaired) electrons. The van der Waals surface area contributed by atoms with Gasteiger partial charge in [-0.15, -0.1) is 0 Å². The molecule has 0 amide bonds. The van der Waals surface area contributed by atoms with E-state index in [0.717, 1.165) is 11.8 Å². The van der Waals surface area contributed by atoms with Crippen LogP contribution in [0.25, 0.3) is 0 Å². The predicted molar refractivity (Wildman–Crippen MR) is 73.9 cm³/mol. The van der Waals surface area contributed by atoms with Gasteiger partial charge in [-0.3, -0.25) is 4.90 Å². The molecule has 1 saturated heterocycles. The number of nitrogens with two attached hydrogens (primary N) is 1. The van der Waals surface area contributed by atoms with Crippen LogP contribution in [-0.4, -0.2) is 30.1 Å². The van der Waals surface area contributed by atoms with Crippen LogP contribution in [0.4, 0.5) is 0 Å². The highest BCUT2D eigenvalue weighted by Gasteiger charge is 2.39. The summed E-state index contributed by atoms with van der Waals surface area (Å²) in [4.78, 5) is 2.70. The van der Waals surface area contributed by atoms with Crippen LogP contribution in [0.2, 0.25) is 0 Å². The van der Waals surface area contributed by atoms with Gasteiger partial charge in [-0.25, -0.2) is 0 Å². The van der Waals surface area contributed by atoms with E-state index in [0.29, 0.717) is 17.5 Å². The Labute approximate surface area is 107 Å². The Balaban J connectivity index is 2.05. The van der Waals surface area contributed by atoms with E-state index < -0.39 is 0 Å². The maximum Gasteiger partial charge on any atom is 0.0273 e. The molecule has 1 heterocycles. The van der Waals surface area contributed by atoms with Gasteiger partial charge in [0.25, 0.3) is 0 Å². The van der Waals surface area contributed by atoms with E-state index in [1.54, 1.807) is 0 Å². The van der Waals surface area contributed by atoms with Gasteiger partial charge < -0.3 is 5.73 Å². The summed E-state index contributed by atoms with van der Waals surface area (Å²) in [6.45, 7) is 12.1.